The number of hydrogen-bond acceptors (Lipinski definition) is 2. The van der Waals surface area contributed by atoms with E-state index < -0.39 is 10.0 Å². The third-order valence-corrected chi connectivity index (χ3v) is 6.82. The summed E-state index contributed by atoms with van der Waals surface area (Å²) in [4.78, 5) is 0.386. The van der Waals surface area contributed by atoms with Crippen molar-refractivity contribution in [3.8, 4) is 0 Å². The van der Waals surface area contributed by atoms with Crippen LogP contribution in [0.5, 0.6) is 0 Å². The molecular weight excluding hydrogens is 325 g/mol. The Bertz CT molecular complexity index is 854. The van der Waals surface area contributed by atoms with E-state index in [1.807, 2.05) is 32.9 Å². The van der Waals surface area contributed by atoms with Crippen molar-refractivity contribution in [1.29, 1.82) is 0 Å². The summed E-state index contributed by atoms with van der Waals surface area (Å²) in [5.41, 5.74) is 3.29. The molecule has 0 aliphatic carbocycles. The molecule has 3 nitrogen and oxygen atoms in total. The summed E-state index contributed by atoms with van der Waals surface area (Å²) in [6.07, 6.45) is 1.50. The molecule has 2 aromatic carbocycles. The average Bonchev–Trinajstić information content (AvgIpc) is 2.96. The minimum atomic E-state index is -3.62. The summed E-state index contributed by atoms with van der Waals surface area (Å²) in [5, 5.41) is 0. The summed E-state index contributed by atoms with van der Waals surface area (Å²) >= 11 is 0. The van der Waals surface area contributed by atoms with E-state index in [4.69, 9.17) is 0 Å². The first kappa shape index (κ1) is 17.1. The minimum Gasteiger partial charge on any atom is -0.207 e. The van der Waals surface area contributed by atoms with Crippen LogP contribution in [0.25, 0.3) is 0 Å². The maximum absolute atomic E-state index is 13.6. The quantitative estimate of drug-likeness (QED) is 0.831. The number of benzene rings is 2. The van der Waals surface area contributed by atoms with Crippen LogP contribution in [0.3, 0.4) is 0 Å². The topological polar surface area (TPSA) is 37.4 Å². The van der Waals surface area contributed by atoms with Gasteiger partial charge < -0.3 is 0 Å². The lowest BCUT2D eigenvalue weighted by atomic mass is 10.1. The van der Waals surface area contributed by atoms with Crippen LogP contribution < -0.4 is 0 Å². The second-order valence-corrected chi connectivity index (χ2v) is 8.38. The largest absolute Gasteiger partial charge is 0.244 e. The minimum absolute atomic E-state index is 0.300. The molecule has 1 aliphatic rings. The van der Waals surface area contributed by atoms with Crippen LogP contribution in [0.15, 0.2) is 41.3 Å². The zero-order chi connectivity index (χ0) is 17.5. The molecule has 0 spiro atoms. The monoisotopic (exact) mass is 347 g/mol. The first-order valence-electron chi connectivity index (χ1n) is 8.16. The summed E-state index contributed by atoms with van der Waals surface area (Å²) in [5.74, 6) is -0.334. The summed E-state index contributed by atoms with van der Waals surface area (Å²) in [6.45, 7) is 6.10. The summed E-state index contributed by atoms with van der Waals surface area (Å²) < 4.78 is 41.7. The Kier molecular flexibility index (Phi) is 4.49. The van der Waals surface area contributed by atoms with E-state index in [9.17, 15) is 12.8 Å². The number of hydrogen-bond donors (Lipinski definition) is 0. The number of aryl methyl sites for hydroxylation is 3. The third-order valence-electron chi connectivity index (χ3n) is 4.61. The Balaban J connectivity index is 2.06. The van der Waals surface area contributed by atoms with Gasteiger partial charge in [-0.3, -0.25) is 0 Å². The van der Waals surface area contributed by atoms with Gasteiger partial charge in [0, 0.05) is 6.54 Å². The standard InChI is InChI=1S/C19H22FNO2S/c1-13-10-14(2)19(15(3)11-13)24(22,23)21-9-5-8-18(21)16-6-4-7-17(20)12-16/h4,6-7,10-12,18H,5,8-9H2,1-3H3/t18-/m1/s1. The van der Waals surface area contributed by atoms with Crippen LogP contribution in [0, 0.1) is 26.6 Å². The lowest BCUT2D eigenvalue weighted by molar-refractivity contribution is 0.395. The highest BCUT2D eigenvalue weighted by Crippen LogP contribution is 2.38. The highest BCUT2D eigenvalue weighted by Gasteiger charge is 2.37. The van der Waals surface area contributed by atoms with E-state index in [1.54, 1.807) is 12.1 Å². The van der Waals surface area contributed by atoms with Crippen LogP contribution >= 0.6 is 0 Å². The Hall–Kier alpha value is -1.72. The molecule has 128 valence electrons. The van der Waals surface area contributed by atoms with Gasteiger partial charge in [0.2, 0.25) is 10.0 Å². The fourth-order valence-electron chi connectivity index (χ4n) is 3.77. The molecule has 1 heterocycles. The second-order valence-electron chi connectivity index (χ2n) is 6.56. The van der Waals surface area contributed by atoms with Gasteiger partial charge in [0.1, 0.15) is 5.82 Å². The molecule has 0 radical (unpaired) electrons. The molecule has 3 rings (SSSR count). The Labute approximate surface area is 143 Å². The number of nitrogens with zero attached hydrogens (tertiary/aromatic N) is 1. The van der Waals surface area contributed by atoms with Gasteiger partial charge in [0.05, 0.1) is 10.9 Å². The van der Waals surface area contributed by atoms with Gasteiger partial charge in [0.25, 0.3) is 0 Å². The summed E-state index contributed by atoms with van der Waals surface area (Å²) in [6, 6.07) is 9.75. The van der Waals surface area contributed by atoms with Crippen LogP contribution in [0.2, 0.25) is 0 Å². The van der Waals surface area contributed by atoms with E-state index in [2.05, 4.69) is 0 Å². The smallest absolute Gasteiger partial charge is 0.207 e. The molecule has 0 N–H and O–H groups in total. The van der Waals surface area contributed by atoms with Crippen molar-refractivity contribution in [2.75, 3.05) is 6.54 Å². The lowest BCUT2D eigenvalue weighted by Gasteiger charge is -2.26. The van der Waals surface area contributed by atoms with Gasteiger partial charge in [-0.25, -0.2) is 12.8 Å². The Morgan fingerprint density at radius 2 is 1.75 bits per heavy atom. The molecule has 1 fully saturated rings. The fraction of sp³-hybridized carbons (Fsp3) is 0.368. The number of rotatable bonds is 3. The van der Waals surface area contributed by atoms with E-state index in [-0.39, 0.29) is 11.9 Å². The van der Waals surface area contributed by atoms with Crippen LogP contribution in [0.1, 0.15) is 41.1 Å². The zero-order valence-electron chi connectivity index (χ0n) is 14.2. The molecule has 5 heteroatoms. The SMILES string of the molecule is Cc1cc(C)c(S(=O)(=O)N2CCC[C@@H]2c2cccc(F)c2)c(C)c1. The zero-order valence-corrected chi connectivity index (χ0v) is 15.0. The van der Waals surface area contributed by atoms with Gasteiger partial charge >= 0.3 is 0 Å². The number of sulfonamides is 1. The maximum Gasteiger partial charge on any atom is 0.244 e. The molecular formula is C19H22FNO2S. The van der Waals surface area contributed by atoms with E-state index in [0.29, 0.717) is 17.9 Å². The average molecular weight is 347 g/mol. The van der Waals surface area contributed by atoms with Crippen molar-refractivity contribution in [2.24, 2.45) is 0 Å². The van der Waals surface area contributed by atoms with Crippen molar-refractivity contribution in [3.05, 3.63) is 64.5 Å². The molecule has 0 aromatic heterocycles. The van der Waals surface area contributed by atoms with Crippen molar-refractivity contribution in [3.63, 3.8) is 0 Å². The van der Waals surface area contributed by atoms with Gasteiger partial charge in [-0.15, -0.1) is 0 Å². The molecule has 2 aromatic rings. The molecule has 24 heavy (non-hydrogen) atoms. The predicted octanol–water partition coefficient (Wildman–Crippen LogP) is 4.28. The van der Waals surface area contributed by atoms with Gasteiger partial charge in [-0.1, -0.05) is 29.8 Å². The van der Waals surface area contributed by atoms with Crippen molar-refractivity contribution in [1.82, 2.24) is 4.31 Å². The van der Waals surface area contributed by atoms with Gasteiger partial charge in [0.15, 0.2) is 0 Å². The maximum atomic E-state index is 13.6. The van der Waals surface area contributed by atoms with Crippen LogP contribution in [-0.4, -0.2) is 19.3 Å². The van der Waals surface area contributed by atoms with E-state index in [1.165, 1.54) is 16.4 Å². The summed E-state index contributed by atoms with van der Waals surface area (Å²) in [7, 11) is -3.62. The van der Waals surface area contributed by atoms with Crippen molar-refractivity contribution >= 4 is 10.0 Å². The molecule has 0 bridgehead atoms. The predicted molar refractivity (Wildman–Crippen MR) is 92.9 cm³/mol. The Morgan fingerprint density at radius 1 is 1.08 bits per heavy atom. The van der Waals surface area contributed by atoms with Crippen molar-refractivity contribution < 1.29 is 12.8 Å². The first-order chi connectivity index (χ1) is 11.3. The number of halogens is 1. The van der Waals surface area contributed by atoms with Crippen LogP contribution in [-0.2, 0) is 10.0 Å². The first-order valence-corrected chi connectivity index (χ1v) is 9.60. The highest BCUT2D eigenvalue weighted by atomic mass is 32.2. The second kappa shape index (κ2) is 6.30. The van der Waals surface area contributed by atoms with Crippen LogP contribution in [0.4, 0.5) is 4.39 Å². The molecule has 0 unspecified atom stereocenters. The normalized spacial score (nSPS) is 18.9. The van der Waals surface area contributed by atoms with Gasteiger partial charge in [-0.05, 0) is 62.4 Å². The molecule has 1 saturated heterocycles. The van der Waals surface area contributed by atoms with E-state index in [0.717, 1.165) is 28.7 Å². The highest BCUT2D eigenvalue weighted by molar-refractivity contribution is 7.89. The fourth-order valence-corrected chi connectivity index (χ4v) is 5.86. The van der Waals surface area contributed by atoms with E-state index >= 15 is 0 Å². The molecule has 0 amide bonds. The van der Waals surface area contributed by atoms with Gasteiger partial charge in [-0.2, -0.15) is 4.31 Å². The Morgan fingerprint density at radius 3 is 2.38 bits per heavy atom. The molecule has 1 aliphatic heterocycles. The molecule has 0 saturated carbocycles. The third kappa shape index (κ3) is 2.98. The lowest BCUT2D eigenvalue weighted by Crippen LogP contribution is -2.31. The van der Waals surface area contributed by atoms with Crippen molar-refractivity contribution in [2.45, 2.75) is 44.6 Å². The molecule has 1 atom stereocenters.